The predicted octanol–water partition coefficient (Wildman–Crippen LogP) is 7.34. The first-order valence-corrected chi connectivity index (χ1v) is 15.2. The number of amides is 1. The zero-order valence-corrected chi connectivity index (χ0v) is 25.6. The van der Waals surface area contributed by atoms with E-state index in [2.05, 4.69) is 17.6 Å². The Hall–Kier alpha value is -3.04. The number of nitrogens with two attached hydrogens (primary N) is 1. The Balaban J connectivity index is 1.62. The Bertz CT molecular complexity index is 1510. The van der Waals surface area contributed by atoms with Gasteiger partial charge < -0.3 is 21.1 Å². The average Bonchev–Trinajstić information content (AvgIpc) is 3.26. The molecule has 3 aromatic rings. The Labute approximate surface area is 260 Å². The van der Waals surface area contributed by atoms with E-state index in [4.69, 9.17) is 33.7 Å². The minimum absolute atomic E-state index is 0.106. The van der Waals surface area contributed by atoms with E-state index in [0.717, 1.165) is 32.1 Å². The number of anilines is 1. The zero-order chi connectivity index (χ0) is 30.9. The quantitative estimate of drug-likeness (QED) is 0.238. The van der Waals surface area contributed by atoms with Crippen molar-refractivity contribution in [2.75, 3.05) is 12.4 Å². The number of esters is 1. The Morgan fingerprint density at radius 3 is 2.40 bits per heavy atom. The van der Waals surface area contributed by atoms with Gasteiger partial charge in [0.15, 0.2) is 0 Å². The largest absolute Gasteiger partial charge is 0.465 e. The molecule has 4 atom stereocenters. The van der Waals surface area contributed by atoms with Crippen molar-refractivity contribution in [2.24, 2.45) is 11.1 Å². The van der Waals surface area contributed by atoms with Crippen molar-refractivity contribution in [1.29, 1.82) is 0 Å². The molecule has 0 aromatic heterocycles. The van der Waals surface area contributed by atoms with Crippen LogP contribution in [-0.4, -0.2) is 31.1 Å². The minimum atomic E-state index is -1.56. The van der Waals surface area contributed by atoms with Gasteiger partial charge in [-0.25, -0.2) is 13.6 Å². The summed E-state index contributed by atoms with van der Waals surface area (Å²) >= 11 is 12.4. The van der Waals surface area contributed by atoms with E-state index in [-0.39, 0.29) is 26.6 Å². The molecule has 1 saturated carbocycles. The molecule has 1 heterocycles. The number of nitrogens with one attached hydrogen (secondary N) is 2. The van der Waals surface area contributed by atoms with Crippen LogP contribution >= 0.6 is 23.2 Å². The van der Waals surface area contributed by atoms with E-state index >= 15 is 8.78 Å². The van der Waals surface area contributed by atoms with Crippen LogP contribution in [0.25, 0.3) is 0 Å². The van der Waals surface area contributed by atoms with Crippen molar-refractivity contribution in [3.8, 4) is 0 Å². The number of ether oxygens (including phenoxy) is 1. The molecular weight excluding hydrogens is 595 g/mol. The van der Waals surface area contributed by atoms with Gasteiger partial charge in [-0.1, -0.05) is 67.6 Å². The summed E-state index contributed by atoms with van der Waals surface area (Å²) in [5.74, 6) is -3.40. The van der Waals surface area contributed by atoms with Crippen molar-refractivity contribution in [3.05, 3.63) is 99.0 Å². The number of carbonyl (C=O) groups excluding carboxylic acids is 2. The fraction of sp³-hybridized carbons (Fsp3) is 0.394. The molecule has 1 amide bonds. The molecule has 6 nitrogen and oxygen atoms in total. The molecule has 1 aliphatic heterocycles. The van der Waals surface area contributed by atoms with Gasteiger partial charge >= 0.3 is 5.97 Å². The normalized spacial score (nSPS) is 24.9. The van der Waals surface area contributed by atoms with Crippen LogP contribution in [0.5, 0.6) is 0 Å². The third-order valence-corrected chi connectivity index (χ3v) is 9.66. The SMILES string of the molecule is COC(=O)c1ccc(NC(=O)[C@@H]2N[C@@H](CC3(C)CCCCC3)[C@](N)(c3ccc(Cl)cc3F)[C@H]2c2cccc(Cl)c2F)cc1. The lowest BCUT2D eigenvalue weighted by Crippen LogP contribution is -2.53. The highest BCUT2D eigenvalue weighted by Crippen LogP contribution is 2.52. The number of benzene rings is 3. The highest BCUT2D eigenvalue weighted by molar-refractivity contribution is 6.31. The maximum atomic E-state index is 15.8. The van der Waals surface area contributed by atoms with Crippen molar-refractivity contribution in [2.45, 2.75) is 69.0 Å². The van der Waals surface area contributed by atoms with Crippen molar-refractivity contribution in [3.63, 3.8) is 0 Å². The van der Waals surface area contributed by atoms with Gasteiger partial charge in [-0.2, -0.15) is 0 Å². The fourth-order valence-electron chi connectivity index (χ4n) is 6.92. The van der Waals surface area contributed by atoms with Crippen LogP contribution in [0.2, 0.25) is 10.0 Å². The average molecular weight is 631 g/mol. The van der Waals surface area contributed by atoms with Gasteiger partial charge in [-0.3, -0.25) is 4.79 Å². The van der Waals surface area contributed by atoms with Crippen molar-refractivity contribution < 1.29 is 23.1 Å². The number of methoxy groups -OCH3 is 1. The first-order valence-electron chi connectivity index (χ1n) is 14.4. The van der Waals surface area contributed by atoms with Gasteiger partial charge in [0.25, 0.3) is 0 Å². The highest BCUT2D eigenvalue weighted by atomic mass is 35.5. The second kappa shape index (κ2) is 12.5. The molecular formula is C33H35Cl2F2N3O3. The molecule has 0 unspecified atom stereocenters. The van der Waals surface area contributed by atoms with E-state index in [1.54, 1.807) is 30.3 Å². The number of hydrogen-bond donors (Lipinski definition) is 3. The first-order chi connectivity index (χ1) is 20.5. The number of carbonyl (C=O) groups is 2. The van der Waals surface area contributed by atoms with Crippen LogP contribution in [0.15, 0.2) is 60.7 Å². The summed E-state index contributed by atoms with van der Waals surface area (Å²) in [6.07, 6.45) is 5.74. The molecule has 1 aliphatic carbocycles. The van der Waals surface area contributed by atoms with E-state index in [1.807, 2.05) is 0 Å². The third-order valence-electron chi connectivity index (χ3n) is 9.13. The van der Waals surface area contributed by atoms with Gasteiger partial charge in [0.1, 0.15) is 11.6 Å². The Morgan fingerprint density at radius 1 is 1.05 bits per heavy atom. The molecule has 0 radical (unpaired) electrons. The van der Waals surface area contributed by atoms with E-state index in [9.17, 15) is 9.59 Å². The lowest BCUT2D eigenvalue weighted by molar-refractivity contribution is -0.118. The van der Waals surface area contributed by atoms with Gasteiger partial charge in [0.2, 0.25) is 5.91 Å². The maximum Gasteiger partial charge on any atom is 0.337 e. The molecule has 228 valence electrons. The molecule has 2 aliphatic rings. The topological polar surface area (TPSA) is 93.4 Å². The number of rotatable bonds is 7. The molecule has 0 spiro atoms. The van der Waals surface area contributed by atoms with Crippen molar-refractivity contribution >= 4 is 40.8 Å². The fourth-order valence-corrected chi connectivity index (χ4v) is 7.26. The lowest BCUT2D eigenvalue weighted by atomic mass is 9.65. The van der Waals surface area contributed by atoms with E-state index in [1.165, 1.54) is 37.4 Å². The van der Waals surface area contributed by atoms with Crippen LogP contribution in [0.3, 0.4) is 0 Å². The third kappa shape index (κ3) is 6.16. The monoisotopic (exact) mass is 629 g/mol. The van der Waals surface area contributed by atoms with Gasteiger partial charge in [0, 0.05) is 28.2 Å². The molecule has 5 rings (SSSR count). The number of hydrogen-bond acceptors (Lipinski definition) is 5. The van der Waals surface area contributed by atoms with Gasteiger partial charge in [-0.15, -0.1) is 0 Å². The summed E-state index contributed by atoms with van der Waals surface area (Å²) in [7, 11) is 1.28. The second-order valence-electron chi connectivity index (χ2n) is 12.0. The first kappa shape index (κ1) is 31.4. The molecule has 2 fully saturated rings. The molecule has 10 heteroatoms. The second-order valence-corrected chi connectivity index (χ2v) is 12.9. The summed E-state index contributed by atoms with van der Waals surface area (Å²) in [6, 6.07) is 13.3. The number of halogens is 4. The summed E-state index contributed by atoms with van der Waals surface area (Å²) in [5, 5.41) is 6.36. The van der Waals surface area contributed by atoms with Crippen LogP contribution in [0, 0.1) is 17.0 Å². The van der Waals surface area contributed by atoms with Crippen LogP contribution in [-0.2, 0) is 15.1 Å². The lowest BCUT2D eigenvalue weighted by Gasteiger charge is -2.42. The molecule has 1 saturated heterocycles. The Morgan fingerprint density at radius 2 is 1.74 bits per heavy atom. The van der Waals surface area contributed by atoms with E-state index in [0.29, 0.717) is 17.7 Å². The van der Waals surface area contributed by atoms with Crippen LogP contribution in [0.4, 0.5) is 14.5 Å². The molecule has 0 bridgehead atoms. The molecule has 3 aromatic carbocycles. The van der Waals surface area contributed by atoms with Crippen LogP contribution in [0.1, 0.15) is 72.9 Å². The van der Waals surface area contributed by atoms with Gasteiger partial charge in [-0.05, 0) is 72.7 Å². The minimum Gasteiger partial charge on any atom is -0.465 e. The standard InChI is InChI=1S/C33H35Cl2F2N3O3/c1-32(15-4-3-5-16-32)18-26-33(38,23-14-11-20(34)17-25(23)36)27(22-7-6-8-24(35)28(22)37)29(40-26)30(41)39-21-12-9-19(10-13-21)31(42)43-2/h6-14,17,26-27,29,40H,3-5,15-16,18,38H2,1-2H3,(H,39,41)/t26-,27-,29+,33+/m0/s1. The molecule has 43 heavy (non-hydrogen) atoms. The van der Waals surface area contributed by atoms with Crippen LogP contribution < -0.4 is 16.4 Å². The summed E-state index contributed by atoms with van der Waals surface area (Å²) < 4.78 is 36.4. The summed E-state index contributed by atoms with van der Waals surface area (Å²) in [6.45, 7) is 2.19. The summed E-state index contributed by atoms with van der Waals surface area (Å²) in [4.78, 5) is 25.9. The zero-order valence-electron chi connectivity index (χ0n) is 24.1. The highest BCUT2D eigenvalue weighted by Gasteiger charge is 2.59. The summed E-state index contributed by atoms with van der Waals surface area (Å²) in [5.41, 5.74) is 6.65. The smallest absolute Gasteiger partial charge is 0.337 e. The predicted molar refractivity (Wildman–Crippen MR) is 164 cm³/mol. The maximum absolute atomic E-state index is 15.8. The van der Waals surface area contributed by atoms with E-state index < -0.39 is 47.1 Å². The molecule has 4 N–H and O–H groups in total. The van der Waals surface area contributed by atoms with Gasteiger partial charge in [0.05, 0.1) is 29.3 Å². The Kier molecular flexibility index (Phi) is 9.14. The van der Waals surface area contributed by atoms with Crippen molar-refractivity contribution in [1.82, 2.24) is 5.32 Å².